The first-order valence-corrected chi connectivity index (χ1v) is 26.4. The molecule has 0 aromatic heterocycles. The van der Waals surface area contributed by atoms with Gasteiger partial charge in [0, 0.05) is 9.79 Å². The van der Waals surface area contributed by atoms with Crippen molar-refractivity contribution in [3.8, 4) is 23.0 Å². The second-order valence-corrected chi connectivity index (χ2v) is 18.9. The van der Waals surface area contributed by atoms with Crippen molar-refractivity contribution in [1.82, 2.24) is 0 Å². The van der Waals surface area contributed by atoms with E-state index in [-0.39, 0.29) is 11.8 Å². The van der Waals surface area contributed by atoms with Crippen LogP contribution in [-0.2, 0) is 9.59 Å². The van der Waals surface area contributed by atoms with E-state index in [2.05, 4.69) is 24.5 Å². The third-order valence-electron chi connectivity index (χ3n) is 11.1. The van der Waals surface area contributed by atoms with Gasteiger partial charge in [-0.25, -0.2) is 0 Å². The van der Waals surface area contributed by atoms with E-state index >= 15 is 0 Å². The maximum absolute atomic E-state index is 13.3. The standard InChI is InChI=1S/C54H76N2O6S2/c1-5-7-9-11-13-15-17-19-21-27-41-59-45-33-37-47(38-34-45)61-43(3)53(57)55-49-29-23-25-31-51(49)63-64-52-32-26-24-30-50(52)56-54(58)44(4)62-48-39-35-46(36-40-48)60-42-28-22-20-18-16-14-12-10-8-6-2/h23-26,29-40,43-44H,5-22,27-28,41-42H2,1-4H3,(H,55,57)(H,56,58). The van der Waals surface area contributed by atoms with Gasteiger partial charge in [0.1, 0.15) is 23.0 Å². The molecule has 2 amide bonds. The fourth-order valence-corrected chi connectivity index (χ4v) is 9.42. The zero-order chi connectivity index (χ0) is 45.5. The molecule has 0 aliphatic carbocycles. The Balaban J connectivity index is 1.14. The summed E-state index contributed by atoms with van der Waals surface area (Å²) in [6.07, 6.45) is 24.4. The van der Waals surface area contributed by atoms with E-state index in [1.165, 1.54) is 137 Å². The monoisotopic (exact) mass is 913 g/mol. The predicted molar refractivity (Wildman–Crippen MR) is 270 cm³/mol. The number of unbranched alkanes of at least 4 members (excludes halogenated alkanes) is 18. The molecule has 2 atom stereocenters. The minimum atomic E-state index is -0.727. The molecule has 0 saturated heterocycles. The van der Waals surface area contributed by atoms with Gasteiger partial charge in [-0.1, -0.05) is 175 Å². The summed E-state index contributed by atoms with van der Waals surface area (Å²) in [6, 6.07) is 30.2. The van der Waals surface area contributed by atoms with E-state index in [4.69, 9.17) is 18.9 Å². The molecule has 8 nitrogen and oxygen atoms in total. The summed E-state index contributed by atoms with van der Waals surface area (Å²) in [5, 5.41) is 6.08. The fraction of sp³-hybridized carbons (Fsp3) is 0.519. The predicted octanol–water partition coefficient (Wildman–Crippen LogP) is 15.9. The Morgan fingerprint density at radius 1 is 0.422 bits per heavy atom. The average Bonchev–Trinajstić information content (AvgIpc) is 3.31. The minimum absolute atomic E-state index is 0.257. The van der Waals surface area contributed by atoms with E-state index in [1.807, 2.05) is 97.1 Å². The number of para-hydroxylation sites is 2. The van der Waals surface area contributed by atoms with E-state index in [1.54, 1.807) is 13.8 Å². The van der Waals surface area contributed by atoms with Crippen molar-refractivity contribution < 1.29 is 28.5 Å². The molecule has 350 valence electrons. The van der Waals surface area contributed by atoms with Crippen molar-refractivity contribution in [3.05, 3.63) is 97.1 Å². The normalized spacial score (nSPS) is 12.0. The van der Waals surface area contributed by atoms with Crippen LogP contribution < -0.4 is 29.6 Å². The molecule has 4 aromatic carbocycles. The molecule has 10 heteroatoms. The van der Waals surface area contributed by atoms with Crippen LogP contribution in [0.2, 0.25) is 0 Å². The van der Waals surface area contributed by atoms with Gasteiger partial charge in [0.2, 0.25) is 0 Å². The lowest BCUT2D eigenvalue weighted by atomic mass is 10.1. The Morgan fingerprint density at radius 2 is 0.719 bits per heavy atom. The first kappa shape index (κ1) is 52.3. The van der Waals surface area contributed by atoms with Crippen LogP contribution in [0.3, 0.4) is 0 Å². The van der Waals surface area contributed by atoms with E-state index < -0.39 is 12.2 Å². The Morgan fingerprint density at radius 3 is 1.06 bits per heavy atom. The average molecular weight is 913 g/mol. The highest BCUT2D eigenvalue weighted by Crippen LogP contribution is 2.43. The highest BCUT2D eigenvalue weighted by atomic mass is 33.1. The number of hydrogen-bond acceptors (Lipinski definition) is 8. The van der Waals surface area contributed by atoms with Gasteiger partial charge in [-0.15, -0.1) is 0 Å². The van der Waals surface area contributed by atoms with Crippen molar-refractivity contribution in [3.63, 3.8) is 0 Å². The maximum Gasteiger partial charge on any atom is 0.265 e. The van der Waals surface area contributed by atoms with Crippen LogP contribution in [0, 0.1) is 0 Å². The van der Waals surface area contributed by atoms with Crippen LogP contribution in [0.15, 0.2) is 107 Å². The third-order valence-corrected chi connectivity index (χ3v) is 13.5. The summed E-state index contributed by atoms with van der Waals surface area (Å²) >= 11 is 0. The van der Waals surface area contributed by atoms with Gasteiger partial charge < -0.3 is 29.6 Å². The smallest absolute Gasteiger partial charge is 0.265 e. The first-order chi connectivity index (χ1) is 31.4. The maximum atomic E-state index is 13.3. The first-order valence-electron chi connectivity index (χ1n) is 24.3. The summed E-state index contributed by atoms with van der Waals surface area (Å²) < 4.78 is 23.9. The highest BCUT2D eigenvalue weighted by molar-refractivity contribution is 8.76. The number of ether oxygens (including phenoxy) is 4. The molecule has 64 heavy (non-hydrogen) atoms. The van der Waals surface area contributed by atoms with Gasteiger partial charge in [0.25, 0.3) is 11.8 Å². The number of anilines is 2. The number of amides is 2. The Hall–Kier alpha value is -4.28. The quantitative estimate of drug-likeness (QED) is 0.0348. The summed E-state index contributed by atoms with van der Waals surface area (Å²) in [5.41, 5.74) is 1.35. The lowest BCUT2D eigenvalue weighted by Gasteiger charge is -2.17. The lowest BCUT2D eigenvalue weighted by Crippen LogP contribution is -2.30. The number of hydrogen-bond donors (Lipinski definition) is 2. The zero-order valence-electron chi connectivity index (χ0n) is 39.2. The molecule has 0 aliphatic rings. The Bertz CT molecular complexity index is 1720. The van der Waals surface area contributed by atoms with Crippen LogP contribution in [0.4, 0.5) is 11.4 Å². The Labute approximate surface area is 393 Å². The summed E-state index contributed by atoms with van der Waals surface area (Å²) in [6.45, 7) is 9.40. The fourth-order valence-electron chi connectivity index (χ4n) is 7.15. The second kappa shape index (κ2) is 32.4. The van der Waals surface area contributed by atoms with Crippen molar-refractivity contribution in [2.45, 2.75) is 178 Å². The number of carbonyl (C=O) groups is 2. The SMILES string of the molecule is CCCCCCCCCCCCOc1ccc(OC(C)C(=O)Nc2ccccc2SSc2ccccc2NC(=O)C(C)Oc2ccc(OCCCCCCCCCCCC)cc2)cc1. The van der Waals surface area contributed by atoms with Crippen molar-refractivity contribution in [2.24, 2.45) is 0 Å². The molecular weight excluding hydrogens is 837 g/mol. The van der Waals surface area contributed by atoms with Crippen LogP contribution in [0.1, 0.15) is 156 Å². The largest absolute Gasteiger partial charge is 0.494 e. The molecule has 0 spiro atoms. The lowest BCUT2D eigenvalue weighted by molar-refractivity contribution is -0.122. The molecule has 0 fully saturated rings. The van der Waals surface area contributed by atoms with Crippen LogP contribution in [0.5, 0.6) is 23.0 Å². The highest BCUT2D eigenvalue weighted by Gasteiger charge is 2.19. The summed E-state index contributed by atoms with van der Waals surface area (Å²) in [4.78, 5) is 28.3. The number of carbonyl (C=O) groups excluding carboxylic acids is 2. The van der Waals surface area contributed by atoms with Gasteiger partial charge in [-0.05, 0) is 99.5 Å². The van der Waals surface area contributed by atoms with Gasteiger partial charge in [0.05, 0.1) is 24.6 Å². The van der Waals surface area contributed by atoms with E-state index in [0.29, 0.717) is 36.1 Å². The topological polar surface area (TPSA) is 95.1 Å². The molecule has 2 N–H and O–H groups in total. The number of benzene rings is 4. The van der Waals surface area contributed by atoms with Crippen molar-refractivity contribution in [2.75, 3.05) is 23.8 Å². The molecular formula is C54H76N2O6S2. The molecule has 2 unspecified atom stereocenters. The molecule has 0 heterocycles. The van der Waals surface area contributed by atoms with E-state index in [9.17, 15) is 9.59 Å². The molecule has 0 bridgehead atoms. The van der Waals surface area contributed by atoms with Crippen molar-refractivity contribution in [1.29, 1.82) is 0 Å². The van der Waals surface area contributed by atoms with Gasteiger partial charge in [-0.3, -0.25) is 9.59 Å². The Kier molecular flexibility index (Phi) is 26.5. The summed E-state index contributed by atoms with van der Waals surface area (Å²) in [7, 11) is 2.99. The summed E-state index contributed by atoms with van der Waals surface area (Å²) in [5.74, 6) is 2.29. The molecule has 0 aliphatic heterocycles. The molecule has 4 aromatic rings. The number of nitrogens with one attached hydrogen (secondary N) is 2. The molecule has 0 saturated carbocycles. The molecule has 4 rings (SSSR count). The van der Waals surface area contributed by atoms with Crippen LogP contribution in [0.25, 0.3) is 0 Å². The zero-order valence-corrected chi connectivity index (χ0v) is 40.8. The van der Waals surface area contributed by atoms with Crippen molar-refractivity contribution >= 4 is 44.8 Å². The van der Waals surface area contributed by atoms with Crippen LogP contribution in [-0.4, -0.2) is 37.2 Å². The molecule has 0 radical (unpaired) electrons. The van der Waals surface area contributed by atoms with Gasteiger partial charge in [0.15, 0.2) is 12.2 Å². The minimum Gasteiger partial charge on any atom is -0.494 e. The van der Waals surface area contributed by atoms with E-state index in [0.717, 1.165) is 34.1 Å². The third kappa shape index (κ3) is 21.6. The second-order valence-electron chi connectivity index (χ2n) is 16.7. The van der Waals surface area contributed by atoms with Gasteiger partial charge in [-0.2, -0.15) is 0 Å². The van der Waals surface area contributed by atoms with Crippen LogP contribution >= 0.6 is 21.6 Å². The number of rotatable bonds is 35. The van der Waals surface area contributed by atoms with Gasteiger partial charge >= 0.3 is 0 Å².